The highest BCUT2D eigenvalue weighted by Crippen LogP contribution is 2.31. The van der Waals surface area contributed by atoms with Gasteiger partial charge in [-0.15, -0.1) is 0 Å². The van der Waals surface area contributed by atoms with Gasteiger partial charge in [-0.25, -0.2) is 0 Å². The zero-order chi connectivity index (χ0) is 11.5. The molecule has 1 rings (SSSR count). The van der Waals surface area contributed by atoms with Gasteiger partial charge in [0, 0.05) is 0 Å². The second kappa shape index (κ2) is 4.66. The minimum absolute atomic E-state index is 0.0669. The fourth-order valence-corrected chi connectivity index (χ4v) is 1.44. The van der Waals surface area contributed by atoms with E-state index in [4.69, 9.17) is 5.73 Å². The van der Waals surface area contributed by atoms with Crippen LogP contribution in [0.3, 0.4) is 0 Å². The molecule has 2 N–H and O–H groups in total. The van der Waals surface area contributed by atoms with E-state index in [9.17, 15) is 13.2 Å². The molecule has 0 saturated carbocycles. The van der Waals surface area contributed by atoms with E-state index in [-0.39, 0.29) is 5.92 Å². The van der Waals surface area contributed by atoms with Crippen molar-refractivity contribution in [2.45, 2.75) is 25.4 Å². The minimum atomic E-state index is -4.27. The molecule has 0 heterocycles. The third-order valence-corrected chi connectivity index (χ3v) is 2.38. The molecule has 1 aromatic carbocycles. The van der Waals surface area contributed by atoms with Crippen molar-refractivity contribution in [1.82, 2.24) is 0 Å². The Bertz CT molecular complexity index is 320. The second-order valence-electron chi connectivity index (χ2n) is 3.60. The van der Waals surface area contributed by atoms with E-state index in [1.807, 2.05) is 6.92 Å². The van der Waals surface area contributed by atoms with Gasteiger partial charge in [0.05, 0.1) is 5.56 Å². The minimum Gasteiger partial charge on any atom is -0.330 e. The van der Waals surface area contributed by atoms with E-state index in [1.165, 1.54) is 12.1 Å². The number of alkyl halides is 3. The van der Waals surface area contributed by atoms with Crippen molar-refractivity contribution in [1.29, 1.82) is 0 Å². The van der Waals surface area contributed by atoms with Gasteiger partial charge in [-0.1, -0.05) is 25.1 Å². The summed E-state index contributed by atoms with van der Waals surface area (Å²) in [7, 11) is 0. The van der Waals surface area contributed by atoms with Gasteiger partial charge < -0.3 is 5.73 Å². The largest absolute Gasteiger partial charge is 0.416 e. The zero-order valence-electron chi connectivity index (χ0n) is 8.51. The Labute approximate surface area is 87.1 Å². The smallest absolute Gasteiger partial charge is 0.330 e. The van der Waals surface area contributed by atoms with Gasteiger partial charge >= 0.3 is 6.18 Å². The topological polar surface area (TPSA) is 26.0 Å². The lowest BCUT2D eigenvalue weighted by Gasteiger charge is -2.13. The van der Waals surface area contributed by atoms with Crippen LogP contribution in [-0.2, 0) is 6.18 Å². The fraction of sp³-hybridized carbons (Fsp3) is 0.455. The lowest BCUT2D eigenvalue weighted by atomic mass is 9.96. The predicted molar refractivity (Wildman–Crippen MR) is 53.5 cm³/mol. The molecule has 0 radical (unpaired) electrons. The number of rotatable bonds is 3. The molecule has 0 saturated heterocycles. The summed E-state index contributed by atoms with van der Waals surface area (Å²) in [6.07, 6.45) is -3.57. The number of hydrogen-bond donors (Lipinski definition) is 1. The molecular weight excluding hydrogens is 203 g/mol. The molecule has 0 aliphatic heterocycles. The molecular formula is C11H14F3N. The Balaban J connectivity index is 2.92. The predicted octanol–water partition coefficient (Wildman–Crippen LogP) is 3.16. The molecule has 0 aromatic heterocycles. The van der Waals surface area contributed by atoms with Crippen LogP contribution in [0.2, 0.25) is 0 Å². The van der Waals surface area contributed by atoms with Crippen LogP contribution < -0.4 is 5.73 Å². The summed E-state index contributed by atoms with van der Waals surface area (Å²) >= 11 is 0. The van der Waals surface area contributed by atoms with Gasteiger partial charge in [0.15, 0.2) is 0 Å². The molecule has 0 aliphatic carbocycles. The zero-order valence-corrected chi connectivity index (χ0v) is 8.51. The van der Waals surface area contributed by atoms with Crippen LogP contribution in [0.15, 0.2) is 24.3 Å². The fourth-order valence-electron chi connectivity index (χ4n) is 1.44. The van der Waals surface area contributed by atoms with Crippen LogP contribution in [0.4, 0.5) is 13.2 Å². The first-order chi connectivity index (χ1) is 6.95. The van der Waals surface area contributed by atoms with Crippen LogP contribution >= 0.6 is 0 Å². The molecule has 15 heavy (non-hydrogen) atoms. The summed E-state index contributed by atoms with van der Waals surface area (Å²) < 4.78 is 37.2. The molecule has 0 fully saturated rings. The SMILES string of the molecule is CC(CCN)c1cccc(C(F)(F)F)c1. The van der Waals surface area contributed by atoms with Crippen LogP contribution in [0, 0.1) is 0 Å². The van der Waals surface area contributed by atoms with Gasteiger partial charge in [0.2, 0.25) is 0 Å². The van der Waals surface area contributed by atoms with Crippen molar-refractivity contribution in [2.24, 2.45) is 5.73 Å². The number of halogens is 3. The van der Waals surface area contributed by atoms with Gasteiger partial charge in [-0.05, 0) is 30.5 Å². The normalized spacial score (nSPS) is 13.9. The molecule has 0 aliphatic rings. The maximum absolute atomic E-state index is 12.4. The summed E-state index contributed by atoms with van der Waals surface area (Å²) in [6.45, 7) is 2.36. The van der Waals surface area contributed by atoms with Crippen LogP contribution in [0.1, 0.15) is 30.4 Å². The number of hydrogen-bond acceptors (Lipinski definition) is 1. The molecule has 0 bridgehead atoms. The Kier molecular flexibility index (Phi) is 3.74. The van der Waals surface area contributed by atoms with E-state index >= 15 is 0 Å². The Morgan fingerprint density at radius 2 is 2.00 bits per heavy atom. The van der Waals surface area contributed by atoms with Crippen molar-refractivity contribution in [3.05, 3.63) is 35.4 Å². The first-order valence-electron chi connectivity index (χ1n) is 4.82. The monoisotopic (exact) mass is 217 g/mol. The molecule has 0 amide bonds. The van der Waals surface area contributed by atoms with E-state index in [0.29, 0.717) is 18.5 Å². The van der Waals surface area contributed by atoms with E-state index in [2.05, 4.69) is 0 Å². The molecule has 1 unspecified atom stereocenters. The first-order valence-corrected chi connectivity index (χ1v) is 4.82. The third kappa shape index (κ3) is 3.23. The van der Waals surface area contributed by atoms with Crippen molar-refractivity contribution >= 4 is 0 Å². The third-order valence-electron chi connectivity index (χ3n) is 2.38. The molecule has 1 aromatic rings. The van der Waals surface area contributed by atoms with Crippen molar-refractivity contribution in [2.75, 3.05) is 6.54 Å². The van der Waals surface area contributed by atoms with Crippen LogP contribution in [-0.4, -0.2) is 6.54 Å². The molecule has 4 heteroatoms. The second-order valence-corrected chi connectivity index (χ2v) is 3.60. The average Bonchev–Trinajstić information content (AvgIpc) is 2.17. The summed E-state index contributed by atoms with van der Waals surface area (Å²) in [5, 5.41) is 0. The highest BCUT2D eigenvalue weighted by atomic mass is 19.4. The quantitative estimate of drug-likeness (QED) is 0.826. The van der Waals surface area contributed by atoms with E-state index in [1.54, 1.807) is 6.07 Å². The maximum Gasteiger partial charge on any atom is 0.416 e. The molecule has 84 valence electrons. The highest BCUT2D eigenvalue weighted by Gasteiger charge is 2.30. The van der Waals surface area contributed by atoms with Crippen LogP contribution in [0.25, 0.3) is 0 Å². The lowest BCUT2D eigenvalue weighted by Crippen LogP contribution is -2.08. The summed E-state index contributed by atoms with van der Waals surface area (Å²) in [4.78, 5) is 0. The highest BCUT2D eigenvalue weighted by molar-refractivity contribution is 5.27. The average molecular weight is 217 g/mol. The van der Waals surface area contributed by atoms with Gasteiger partial charge in [-0.3, -0.25) is 0 Å². The van der Waals surface area contributed by atoms with Gasteiger partial charge in [0.1, 0.15) is 0 Å². The Morgan fingerprint density at radius 3 is 2.53 bits per heavy atom. The first kappa shape index (κ1) is 12.0. The Hall–Kier alpha value is -1.03. The van der Waals surface area contributed by atoms with Crippen molar-refractivity contribution < 1.29 is 13.2 Å². The number of benzene rings is 1. The van der Waals surface area contributed by atoms with Gasteiger partial charge in [-0.2, -0.15) is 13.2 Å². The molecule has 1 nitrogen and oxygen atoms in total. The van der Waals surface area contributed by atoms with Crippen molar-refractivity contribution in [3.63, 3.8) is 0 Å². The summed E-state index contributed by atoms with van der Waals surface area (Å²) in [6, 6.07) is 5.42. The lowest BCUT2D eigenvalue weighted by molar-refractivity contribution is -0.137. The number of nitrogens with two attached hydrogens (primary N) is 1. The Morgan fingerprint density at radius 1 is 1.33 bits per heavy atom. The van der Waals surface area contributed by atoms with E-state index in [0.717, 1.165) is 6.07 Å². The van der Waals surface area contributed by atoms with Crippen molar-refractivity contribution in [3.8, 4) is 0 Å². The molecule has 0 spiro atoms. The summed E-state index contributed by atoms with van der Waals surface area (Å²) in [5.74, 6) is 0.0669. The van der Waals surface area contributed by atoms with E-state index < -0.39 is 11.7 Å². The maximum atomic E-state index is 12.4. The van der Waals surface area contributed by atoms with Crippen LogP contribution in [0.5, 0.6) is 0 Å². The standard InChI is InChI=1S/C11H14F3N/c1-8(5-6-15)9-3-2-4-10(7-9)11(12,13)14/h2-4,7-8H,5-6,15H2,1H3. The molecule has 1 atom stereocenters. The summed E-state index contributed by atoms with van der Waals surface area (Å²) in [5.41, 5.74) is 5.46. The van der Waals surface area contributed by atoms with Gasteiger partial charge in [0.25, 0.3) is 0 Å².